The van der Waals surface area contributed by atoms with E-state index in [4.69, 9.17) is 4.74 Å². The average molecular weight is 345 g/mol. The SMILES string of the molecule is CCCOC(=O)c1ccc(C(C)CNCC(O)Cn2ccnc2)cc1. The third-order valence-corrected chi connectivity index (χ3v) is 3.96. The van der Waals surface area contributed by atoms with Crippen LogP contribution in [0.1, 0.15) is 42.1 Å². The van der Waals surface area contributed by atoms with Crippen LogP contribution in [-0.2, 0) is 11.3 Å². The molecule has 0 spiro atoms. The minimum atomic E-state index is -0.461. The lowest BCUT2D eigenvalue weighted by molar-refractivity contribution is 0.0505. The van der Waals surface area contributed by atoms with Crippen molar-refractivity contribution in [3.63, 3.8) is 0 Å². The third kappa shape index (κ3) is 6.32. The number of hydrogen-bond acceptors (Lipinski definition) is 5. The molecule has 0 saturated carbocycles. The highest BCUT2D eigenvalue weighted by atomic mass is 16.5. The summed E-state index contributed by atoms with van der Waals surface area (Å²) in [6.45, 7) is 6.32. The Labute approximate surface area is 148 Å². The number of rotatable bonds is 10. The molecule has 0 aliphatic carbocycles. The highest BCUT2D eigenvalue weighted by Crippen LogP contribution is 2.15. The van der Waals surface area contributed by atoms with Crippen LogP contribution in [0.2, 0.25) is 0 Å². The molecule has 2 N–H and O–H groups in total. The number of nitrogens with zero attached hydrogens (tertiary/aromatic N) is 2. The van der Waals surface area contributed by atoms with Gasteiger partial charge in [0, 0.05) is 25.5 Å². The van der Waals surface area contributed by atoms with Crippen molar-refractivity contribution in [1.29, 1.82) is 0 Å². The molecule has 136 valence electrons. The zero-order valence-electron chi connectivity index (χ0n) is 14.9. The summed E-state index contributed by atoms with van der Waals surface area (Å²) in [6.07, 6.45) is 5.58. The Bertz CT molecular complexity index is 626. The average Bonchev–Trinajstić information content (AvgIpc) is 3.12. The van der Waals surface area contributed by atoms with Gasteiger partial charge in [0.2, 0.25) is 0 Å². The molecule has 0 saturated heterocycles. The normalized spacial score (nSPS) is 13.4. The van der Waals surface area contributed by atoms with Crippen LogP contribution in [0.5, 0.6) is 0 Å². The van der Waals surface area contributed by atoms with Gasteiger partial charge >= 0.3 is 5.97 Å². The summed E-state index contributed by atoms with van der Waals surface area (Å²) in [5.74, 6) is 0.00274. The smallest absolute Gasteiger partial charge is 0.338 e. The molecule has 0 amide bonds. The van der Waals surface area contributed by atoms with E-state index in [0.717, 1.165) is 18.5 Å². The quantitative estimate of drug-likeness (QED) is 0.646. The monoisotopic (exact) mass is 345 g/mol. The van der Waals surface area contributed by atoms with E-state index in [9.17, 15) is 9.90 Å². The van der Waals surface area contributed by atoms with Gasteiger partial charge in [-0.1, -0.05) is 26.0 Å². The van der Waals surface area contributed by atoms with Crippen molar-refractivity contribution in [2.45, 2.75) is 38.8 Å². The van der Waals surface area contributed by atoms with Crippen LogP contribution in [0.25, 0.3) is 0 Å². The first-order chi connectivity index (χ1) is 12.1. The number of esters is 1. The molecule has 0 bridgehead atoms. The first kappa shape index (κ1) is 19.1. The Balaban J connectivity index is 1.74. The molecule has 2 atom stereocenters. The largest absolute Gasteiger partial charge is 0.462 e. The van der Waals surface area contributed by atoms with Crippen LogP contribution >= 0.6 is 0 Å². The van der Waals surface area contributed by atoms with Crippen molar-refractivity contribution in [1.82, 2.24) is 14.9 Å². The number of carbonyl (C=O) groups is 1. The fourth-order valence-corrected chi connectivity index (χ4v) is 2.51. The molecule has 6 heteroatoms. The maximum Gasteiger partial charge on any atom is 0.338 e. The van der Waals surface area contributed by atoms with Crippen LogP contribution < -0.4 is 5.32 Å². The summed E-state index contributed by atoms with van der Waals surface area (Å²) in [6, 6.07) is 7.52. The molecule has 2 aromatic rings. The third-order valence-electron chi connectivity index (χ3n) is 3.96. The van der Waals surface area contributed by atoms with Crippen molar-refractivity contribution >= 4 is 5.97 Å². The van der Waals surface area contributed by atoms with Crippen molar-refractivity contribution < 1.29 is 14.6 Å². The molecule has 25 heavy (non-hydrogen) atoms. The molecule has 1 aromatic carbocycles. The highest BCUT2D eigenvalue weighted by molar-refractivity contribution is 5.89. The number of aliphatic hydroxyl groups excluding tert-OH is 1. The highest BCUT2D eigenvalue weighted by Gasteiger charge is 2.10. The molecule has 6 nitrogen and oxygen atoms in total. The Hall–Kier alpha value is -2.18. The number of benzene rings is 1. The molecule has 0 aliphatic heterocycles. The van der Waals surface area contributed by atoms with E-state index < -0.39 is 6.10 Å². The van der Waals surface area contributed by atoms with Crippen molar-refractivity contribution in [3.8, 4) is 0 Å². The second-order valence-corrected chi connectivity index (χ2v) is 6.23. The second-order valence-electron chi connectivity index (χ2n) is 6.23. The molecule has 2 rings (SSSR count). The number of carbonyl (C=O) groups excluding carboxylic acids is 1. The van der Waals surface area contributed by atoms with Gasteiger partial charge in [0.1, 0.15) is 0 Å². The fourth-order valence-electron chi connectivity index (χ4n) is 2.51. The van der Waals surface area contributed by atoms with E-state index in [1.54, 1.807) is 24.7 Å². The van der Waals surface area contributed by atoms with Crippen molar-refractivity contribution in [2.75, 3.05) is 19.7 Å². The predicted octanol–water partition coefficient (Wildman–Crippen LogP) is 2.20. The van der Waals surface area contributed by atoms with Crippen molar-refractivity contribution in [3.05, 3.63) is 54.1 Å². The first-order valence-corrected chi connectivity index (χ1v) is 8.71. The Morgan fingerprint density at radius 1 is 1.32 bits per heavy atom. The molecule has 1 heterocycles. The summed E-state index contributed by atoms with van der Waals surface area (Å²) in [4.78, 5) is 15.8. The fraction of sp³-hybridized carbons (Fsp3) is 0.474. The van der Waals surface area contributed by atoms with Crippen LogP contribution in [0.15, 0.2) is 43.0 Å². The van der Waals surface area contributed by atoms with Gasteiger partial charge in [0.15, 0.2) is 0 Å². The number of hydrogen-bond donors (Lipinski definition) is 2. The van der Waals surface area contributed by atoms with E-state index >= 15 is 0 Å². The Morgan fingerprint density at radius 3 is 2.72 bits per heavy atom. The first-order valence-electron chi connectivity index (χ1n) is 8.71. The number of ether oxygens (including phenoxy) is 1. The van der Waals surface area contributed by atoms with Gasteiger partial charge in [-0.15, -0.1) is 0 Å². The van der Waals surface area contributed by atoms with Crippen LogP contribution in [-0.4, -0.2) is 46.4 Å². The minimum absolute atomic E-state index is 0.276. The minimum Gasteiger partial charge on any atom is -0.462 e. The molecule has 0 aliphatic rings. The lowest BCUT2D eigenvalue weighted by Gasteiger charge is -2.16. The Kier molecular flexibility index (Phi) is 7.63. The lowest BCUT2D eigenvalue weighted by atomic mass is 10.00. The number of nitrogens with one attached hydrogen (secondary N) is 1. The van der Waals surface area contributed by atoms with E-state index in [1.807, 2.05) is 29.8 Å². The zero-order chi connectivity index (χ0) is 18.1. The molecular formula is C19H27N3O3. The summed E-state index contributed by atoms with van der Waals surface area (Å²) in [5.41, 5.74) is 1.72. The van der Waals surface area contributed by atoms with Crippen LogP contribution in [0, 0.1) is 0 Å². The van der Waals surface area contributed by atoms with Gasteiger partial charge in [0.25, 0.3) is 0 Å². The van der Waals surface area contributed by atoms with Gasteiger partial charge in [0.05, 0.1) is 31.1 Å². The standard InChI is InChI=1S/C19H27N3O3/c1-3-10-25-19(24)17-6-4-16(5-7-17)15(2)11-21-12-18(23)13-22-9-8-20-14-22/h4-9,14-15,18,21,23H,3,10-13H2,1-2H3. The van der Waals surface area contributed by atoms with E-state index in [2.05, 4.69) is 17.2 Å². The summed E-state index contributed by atoms with van der Waals surface area (Å²) < 4.78 is 6.98. The number of imidazole rings is 1. The maximum absolute atomic E-state index is 11.8. The number of aromatic nitrogens is 2. The Morgan fingerprint density at radius 2 is 2.08 bits per heavy atom. The molecule has 0 radical (unpaired) electrons. The second kappa shape index (κ2) is 9.96. The van der Waals surface area contributed by atoms with Crippen LogP contribution in [0.3, 0.4) is 0 Å². The molecule has 0 fully saturated rings. The maximum atomic E-state index is 11.8. The van der Waals surface area contributed by atoms with Gasteiger partial charge in [-0.25, -0.2) is 9.78 Å². The lowest BCUT2D eigenvalue weighted by Crippen LogP contribution is -2.32. The zero-order valence-corrected chi connectivity index (χ0v) is 14.9. The van der Waals surface area contributed by atoms with Gasteiger partial charge in [-0.2, -0.15) is 0 Å². The van der Waals surface area contributed by atoms with Crippen molar-refractivity contribution in [2.24, 2.45) is 0 Å². The van der Waals surface area contributed by atoms with E-state index in [0.29, 0.717) is 25.3 Å². The van der Waals surface area contributed by atoms with Gasteiger partial charge in [-0.05, 0) is 30.0 Å². The van der Waals surface area contributed by atoms with Gasteiger partial charge in [-0.3, -0.25) is 0 Å². The van der Waals surface area contributed by atoms with E-state index in [1.165, 1.54) is 0 Å². The number of aliphatic hydroxyl groups is 1. The summed E-state index contributed by atoms with van der Waals surface area (Å²) >= 11 is 0. The van der Waals surface area contributed by atoms with Crippen LogP contribution in [0.4, 0.5) is 0 Å². The van der Waals surface area contributed by atoms with Gasteiger partial charge < -0.3 is 19.7 Å². The molecule has 1 aromatic heterocycles. The molecular weight excluding hydrogens is 318 g/mol. The predicted molar refractivity (Wildman–Crippen MR) is 96.5 cm³/mol. The topological polar surface area (TPSA) is 76.4 Å². The molecule has 2 unspecified atom stereocenters. The summed E-state index contributed by atoms with van der Waals surface area (Å²) in [5, 5.41) is 13.3. The summed E-state index contributed by atoms with van der Waals surface area (Å²) in [7, 11) is 0. The van der Waals surface area contributed by atoms with E-state index in [-0.39, 0.29) is 11.9 Å².